The molecule has 0 N–H and O–H groups in total. The fraction of sp³-hybridized carbons (Fsp3) is 0.619. The molecule has 1 aromatic rings. The fourth-order valence-electron chi connectivity index (χ4n) is 5.97. The molecule has 4 heteroatoms. The van der Waals surface area contributed by atoms with E-state index >= 15 is 0 Å². The zero-order valence-electron chi connectivity index (χ0n) is 14.6. The molecule has 2 saturated carbocycles. The number of hydrogen-bond acceptors (Lipinski definition) is 3. The van der Waals surface area contributed by atoms with Crippen molar-refractivity contribution in [1.29, 1.82) is 0 Å². The van der Waals surface area contributed by atoms with Gasteiger partial charge in [0.05, 0.1) is 11.8 Å². The predicted molar refractivity (Wildman–Crippen MR) is 94.4 cm³/mol. The topological polar surface area (TPSA) is 40.6 Å². The first-order valence-corrected chi connectivity index (χ1v) is 9.85. The van der Waals surface area contributed by atoms with E-state index in [-0.39, 0.29) is 29.7 Å². The van der Waals surface area contributed by atoms with Gasteiger partial charge >= 0.3 is 0 Å². The number of rotatable bonds is 3. The van der Waals surface area contributed by atoms with Gasteiger partial charge in [-0.3, -0.25) is 19.4 Å². The van der Waals surface area contributed by atoms with Gasteiger partial charge in [-0.2, -0.15) is 0 Å². The maximum absolute atomic E-state index is 13.0. The molecule has 2 aliphatic carbocycles. The average molecular weight is 338 g/mol. The van der Waals surface area contributed by atoms with E-state index in [1.54, 1.807) is 4.90 Å². The number of piperidine rings is 1. The van der Waals surface area contributed by atoms with Crippen molar-refractivity contribution >= 4 is 11.8 Å². The number of hydrogen-bond donors (Lipinski definition) is 0. The SMILES string of the molecule is O=C1[C@@H]2[C@H]3CC[C@@H](C3)[C@@H]2C(=O)N1C1CCN(Cc2ccccc2)CC1. The van der Waals surface area contributed by atoms with Crippen LogP contribution in [0.3, 0.4) is 0 Å². The standard InChI is InChI=1S/C21H26N2O2/c24-20-18-15-6-7-16(12-15)19(18)21(25)23(20)17-8-10-22(11-9-17)13-14-4-2-1-3-5-14/h1-5,15-19H,6-13H2/t15-,16-,18-,19+/m0/s1. The molecule has 2 heterocycles. The van der Waals surface area contributed by atoms with E-state index in [2.05, 4.69) is 29.2 Å². The molecule has 2 bridgehead atoms. The molecule has 0 spiro atoms. The average Bonchev–Trinajstić information content (AvgIpc) is 3.31. The number of fused-ring (bicyclic) bond motifs is 5. The van der Waals surface area contributed by atoms with Crippen LogP contribution >= 0.6 is 0 Å². The maximum Gasteiger partial charge on any atom is 0.233 e. The third-order valence-electron chi connectivity index (χ3n) is 7.13. The smallest absolute Gasteiger partial charge is 0.233 e. The van der Waals surface area contributed by atoms with Gasteiger partial charge in [0.15, 0.2) is 0 Å². The minimum atomic E-state index is 0.0357. The van der Waals surface area contributed by atoms with E-state index in [0.29, 0.717) is 11.8 Å². The van der Waals surface area contributed by atoms with Crippen LogP contribution in [0.25, 0.3) is 0 Å². The molecule has 4 nitrogen and oxygen atoms in total. The van der Waals surface area contributed by atoms with Crippen LogP contribution in [0.15, 0.2) is 30.3 Å². The second kappa shape index (κ2) is 5.94. The Kier molecular flexibility index (Phi) is 3.70. The van der Waals surface area contributed by atoms with Gasteiger partial charge in [-0.15, -0.1) is 0 Å². The largest absolute Gasteiger partial charge is 0.299 e. The lowest BCUT2D eigenvalue weighted by Gasteiger charge is -2.36. The lowest BCUT2D eigenvalue weighted by Crippen LogP contribution is -2.48. The zero-order chi connectivity index (χ0) is 17.0. The molecule has 0 aromatic heterocycles. The summed E-state index contributed by atoms with van der Waals surface area (Å²) in [5.41, 5.74) is 1.33. The van der Waals surface area contributed by atoms with Crippen molar-refractivity contribution in [2.24, 2.45) is 23.7 Å². The molecule has 1 aromatic carbocycles. The van der Waals surface area contributed by atoms with E-state index in [1.165, 1.54) is 5.56 Å². The summed E-state index contributed by atoms with van der Waals surface area (Å²) in [6, 6.07) is 10.7. The number of benzene rings is 1. The number of likely N-dealkylation sites (tertiary alicyclic amines) is 2. The lowest BCUT2D eigenvalue weighted by atomic mass is 9.81. The van der Waals surface area contributed by atoms with Crippen LogP contribution in [0.5, 0.6) is 0 Å². The Labute approximate surface area is 149 Å². The normalized spacial score (nSPS) is 35.6. The molecular formula is C21H26N2O2. The predicted octanol–water partition coefficient (Wildman–Crippen LogP) is 2.68. The molecule has 4 aliphatic rings. The van der Waals surface area contributed by atoms with Crippen molar-refractivity contribution in [1.82, 2.24) is 9.80 Å². The van der Waals surface area contributed by atoms with Crippen molar-refractivity contribution in [2.75, 3.05) is 13.1 Å². The van der Waals surface area contributed by atoms with Crippen LogP contribution in [-0.4, -0.2) is 40.7 Å². The molecule has 2 amide bonds. The molecular weight excluding hydrogens is 312 g/mol. The molecule has 5 rings (SSSR count). The van der Waals surface area contributed by atoms with Crippen LogP contribution in [-0.2, 0) is 16.1 Å². The van der Waals surface area contributed by atoms with Crippen LogP contribution < -0.4 is 0 Å². The Balaban J connectivity index is 1.24. The Bertz CT molecular complexity index is 652. The first-order valence-electron chi connectivity index (χ1n) is 9.85. The zero-order valence-corrected chi connectivity index (χ0v) is 14.6. The molecule has 25 heavy (non-hydrogen) atoms. The van der Waals surface area contributed by atoms with Crippen LogP contribution in [0.4, 0.5) is 0 Å². The molecule has 4 fully saturated rings. The quantitative estimate of drug-likeness (QED) is 0.796. The van der Waals surface area contributed by atoms with E-state index in [1.807, 2.05) is 6.07 Å². The minimum absolute atomic E-state index is 0.0357. The fourth-order valence-corrected chi connectivity index (χ4v) is 5.97. The first-order chi connectivity index (χ1) is 12.2. The highest BCUT2D eigenvalue weighted by atomic mass is 16.2. The van der Waals surface area contributed by atoms with Gasteiger partial charge in [0, 0.05) is 25.7 Å². The highest BCUT2D eigenvalue weighted by molar-refractivity contribution is 6.06. The van der Waals surface area contributed by atoms with E-state index in [4.69, 9.17) is 0 Å². The highest BCUT2D eigenvalue weighted by Gasteiger charge is 2.61. The molecule has 2 saturated heterocycles. The third kappa shape index (κ3) is 2.45. The van der Waals surface area contributed by atoms with Crippen LogP contribution in [0.2, 0.25) is 0 Å². The second-order valence-corrected chi connectivity index (χ2v) is 8.42. The van der Waals surface area contributed by atoms with E-state index < -0.39 is 0 Å². The first kappa shape index (κ1) is 15.6. The summed E-state index contributed by atoms with van der Waals surface area (Å²) >= 11 is 0. The summed E-state index contributed by atoms with van der Waals surface area (Å²) in [5.74, 6) is 1.40. The van der Waals surface area contributed by atoms with Gasteiger partial charge in [0.1, 0.15) is 0 Å². The summed E-state index contributed by atoms with van der Waals surface area (Å²) in [6.45, 7) is 2.91. The van der Waals surface area contributed by atoms with Gasteiger partial charge in [-0.05, 0) is 49.5 Å². The molecule has 132 valence electrons. The van der Waals surface area contributed by atoms with E-state index in [9.17, 15) is 9.59 Å². The van der Waals surface area contributed by atoms with Crippen molar-refractivity contribution in [3.8, 4) is 0 Å². The van der Waals surface area contributed by atoms with Gasteiger partial charge in [-0.1, -0.05) is 30.3 Å². The minimum Gasteiger partial charge on any atom is -0.299 e. The number of nitrogens with zero attached hydrogens (tertiary/aromatic N) is 2. The number of amides is 2. The number of imide groups is 1. The van der Waals surface area contributed by atoms with Gasteiger partial charge in [0.25, 0.3) is 0 Å². The summed E-state index contributed by atoms with van der Waals surface area (Å²) in [6.07, 6.45) is 5.30. The summed E-state index contributed by atoms with van der Waals surface area (Å²) in [4.78, 5) is 30.1. The monoisotopic (exact) mass is 338 g/mol. The third-order valence-corrected chi connectivity index (χ3v) is 7.13. The Morgan fingerprint density at radius 1 is 0.840 bits per heavy atom. The Morgan fingerprint density at radius 3 is 2.04 bits per heavy atom. The second-order valence-electron chi connectivity index (χ2n) is 8.42. The number of carbonyl (C=O) groups is 2. The summed E-state index contributed by atoms with van der Waals surface area (Å²) < 4.78 is 0. The van der Waals surface area contributed by atoms with Crippen molar-refractivity contribution < 1.29 is 9.59 Å². The highest BCUT2D eigenvalue weighted by Crippen LogP contribution is 2.56. The van der Waals surface area contributed by atoms with Crippen LogP contribution in [0, 0.1) is 23.7 Å². The van der Waals surface area contributed by atoms with Crippen molar-refractivity contribution in [3.63, 3.8) is 0 Å². The lowest BCUT2D eigenvalue weighted by molar-refractivity contribution is -0.144. The maximum atomic E-state index is 13.0. The van der Waals surface area contributed by atoms with Gasteiger partial charge in [-0.25, -0.2) is 0 Å². The molecule has 4 atom stereocenters. The molecule has 0 radical (unpaired) electrons. The molecule has 2 aliphatic heterocycles. The van der Waals surface area contributed by atoms with E-state index in [0.717, 1.165) is 51.7 Å². The number of carbonyl (C=O) groups excluding carboxylic acids is 2. The summed E-state index contributed by atoms with van der Waals surface area (Å²) in [7, 11) is 0. The molecule has 0 unspecified atom stereocenters. The van der Waals surface area contributed by atoms with Crippen molar-refractivity contribution in [3.05, 3.63) is 35.9 Å². The van der Waals surface area contributed by atoms with Gasteiger partial charge < -0.3 is 0 Å². The Morgan fingerprint density at radius 2 is 1.44 bits per heavy atom. The van der Waals surface area contributed by atoms with Crippen LogP contribution in [0.1, 0.15) is 37.7 Å². The van der Waals surface area contributed by atoms with Gasteiger partial charge in [0.2, 0.25) is 11.8 Å². The Hall–Kier alpha value is -1.68. The van der Waals surface area contributed by atoms with Crippen molar-refractivity contribution in [2.45, 2.75) is 44.7 Å². The summed E-state index contributed by atoms with van der Waals surface area (Å²) in [5, 5.41) is 0.